The third-order valence-corrected chi connectivity index (χ3v) is 5.31. The molecule has 1 atom stereocenters. The summed E-state index contributed by atoms with van der Waals surface area (Å²) in [5.74, 6) is -0.783. The van der Waals surface area contributed by atoms with Crippen LogP contribution in [0.3, 0.4) is 0 Å². The Balaban J connectivity index is 2.26. The molecule has 1 aromatic carbocycles. The number of halogens is 2. The van der Waals surface area contributed by atoms with Crippen molar-refractivity contribution in [2.75, 3.05) is 13.1 Å². The monoisotopic (exact) mass is 371 g/mol. The van der Waals surface area contributed by atoms with Crippen LogP contribution in [0.2, 0.25) is 10.0 Å². The molecule has 1 aliphatic heterocycles. The molecule has 0 radical (unpaired) electrons. The Morgan fingerprint density at radius 2 is 2.04 bits per heavy atom. The zero-order valence-electron chi connectivity index (χ0n) is 13.9. The van der Waals surface area contributed by atoms with Gasteiger partial charge in [-0.3, -0.25) is 9.59 Å². The second-order valence-corrected chi connectivity index (χ2v) is 7.72. The number of primary amides is 1. The van der Waals surface area contributed by atoms with E-state index in [1.54, 1.807) is 19.9 Å². The van der Waals surface area contributed by atoms with Gasteiger partial charge in [0.15, 0.2) is 0 Å². The van der Waals surface area contributed by atoms with E-state index in [0.717, 1.165) is 24.9 Å². The normalized spacial score (nSPS) is 21.3. The van der Waals surface area contributed by atoms with Crippen LogP contribution in [0.25, 0.3) is 0 Å². The van der Waals surface area contributed by atoms with Gasteiger partial charge in [-0.15, -0.1) is 0 Å². The van der Waals surface area contributed by atoms with Crippen LogP contribution in [0.4, 0.5) is 0 Å². The molecule has 2 amide bonds. The van der Waals surface area contributed by atoms with Crippen LogP contribution >= 0.6 is 23.2 Å². The maximum absolute atomic E-state index is 12.6. The number of carbonyl (C=O) groups excluding carboxylic acids is 2. The molecular formula is C17H23Cl2N3O2. The second kappa shape index (κ2) is 7.30. The van der Waals surface area contributed by atoms with Crippen molar-refractivity contribution in [2.24, 2.45) is 5.73 Å². The van der Waals surface area contributed by atoms with Gasteiger partial charge in [0, 0.05) is 18.4 Å². The summed E-state index contributed by atoms with van der Waals surface area (Å²) in [6.45, 7) is 4.77. The van der Waals surface area contributed by atoms with Crippen molar-refractivity contribution in [1.29, 1.82) is 0 Å². The van der Waals surface area contributed by atoms with E-state index in [4.69, 9.17) is 28.9 Å². The molecule has 1 heterocycles. The zero-order valence-corrected chi connectivity index (χ0v) is 15.4. The summed E-state index contributed by atoms with van der Waals surface area (Å²) in [4.78, 5) is 24.0. The predicted octanol–water partition coefficient (Wildman–Crippen LogP) is 2.38. The molecule has 1 aliphatic rings. The quantitative estimate of drug-likeness (QED) is 0.742. The van der Waals surface area contributed by atoms with Crippen molar-refractivity contribution in [2.45, 2.75) is 44.1 Å². The number of hydrogen-bond donors (Lipinski definition) is 3. The summed E-state index contributed by atoms with van der Waals surface area (Å²) >= 11 is 12.2. The Kier molecular flexibility index (Phi) is 5.78. The number of nitrogens with two attached hydrogens (primary N) is 1. The molecule has 2 rings (SSSR count). The van der Waals surface area contributed by atoms with Crippen molar-refractivity contribution in [3.63, 3.8) is 0 Å². The highest BCUT2D eigenvalue weighted by atomic mass is 35.5. The van der Waals surface area contributed by atoms with E-state index in [1.165, 1.54) is 0 Å². The van der Waals surface area contributed by atoms with Gasteiger partial charge >= 0.3 is 0 Å². The van der Waals surface area contributed by atoms with Crippen LogP contribution in [0, 0.1) is 0 Å². The van der Waals surface area contributed by atoms with E-state index in [9.17, 15) is 9.59 Å². The molecule has 1 saturated heterocycles. The van der Waals surface area contributed by atoms with Crippen LogP contribution in [-0.4, -0.2) is 30.4 Å². The van der Waals surface area contributed by atoms with Gasteiger partial charge in [0.1, 0.15) is 5.54 Å². The van der Waals surface area contributed by atoms with E-state index < -0.39 is 11.4 Å². The lowest BCUT2D eigenvalue weighted by Gasteiger charge is -2.38. The highest BCUT2D eigenvalue weighted by Crippen LogP contribution is 2.37. The van der Waals surface area contributed by atoms with Crippen molar-refractivity contribution < 1.29 is 9.59 Å². The van der Waals surface area contributed by atoms with E-state index in [-0.39, 0.29) is 17.7 Å². The van der Waals surface area contributed by atoms with Gasteiger partial charge in [0.05, 0.1) is 10.0 Å². The number of nitrogens with one attached hydrogen (secondary N) is 2. The average molecular weight is 372 g/mol. The standard InChI is InChI=1S/C17H23Cl2N3O2/c1-16(2,15(20)24)22-14(23)9-17(6-3-7-21-10-17)11-4-5-12(18)13(19)8-11/h4-5,8,21H,3,6-7,9-10H2,1-2H3,(H2,20,24)(H,22,23)/t17-/m1/s1. The van der Waals surface area contributed by atoms with Crippen LogP contribution < -0.4 is 16.4 Å². The first-order valence-electron chi connectivity index (χ1n) is 7.93. The summed E-state index contributed by atoms with van der Waals surface area (Å²) in [6.07, 6.45) is 2.05. The first kappa shape index (κ1) is 19.0. The summed E-state index contributed by atoms with van der Waals surface area (Å²) < 4.78 is 0. The Hall–Kier alpha value is -1.30. The highest BCUT2D eigenvalue weighted by molar-refractivity contribution is 6.42. The van der Waals surface area contributed by atoms with Crippen molar-refractivity contribution >= 4 is 35.0 Å². The number of piperidine rings is 1. The summed E-state index contributed by atoms with van der Waals surface area (Å²) in [6, 6.07) is 5.48. The molecular weight excluding hydrogens is 349 g/mol. The van der Waals surface area contributed by atoms with E-state index in [2.05, 4.69) is 10.6 Å². The minimum Gasteiger partial charge on any atom is -0.368 e. The molecule has 132 valence electrons. The van der Waals surface area contributed by atoms with Gasteiger partial charge < -0.3 is 16.4 Å². The number of amides is 2. The van der Waals surface area contributed by atoms with E-state index >= 15 is 0 Å². The third kappa shape index (κ3) is 4.21. The topological polar surface area (TPSA) is 84.2 Å². The number of rotatable bonds is 5. The second-order valence-electron chi connectivity index (χ2n) is 6.90. The Labute approximate surface area is 152 Å². The molecule has 0 spiro atoms. The Bertz CT molecular complexity index is 641. The van der Waals surface area contributed by atoms with Crippen molar-refractivity contribution in [3.05, 3.63) is 33.8 Å². The number of carbonyl (C=O) groups is 2. The first-order valence-corrected chi connectivity index (χ1v) is 8.69. The lowest BCUT2D eigenvalue weighted by Crippen LogP contribution is -2.55. The lowest BCUT2D eigenvalue weighted by molar-refractivity contribution is -0.131. The SMILES string of the molecule is CC(C)(NC(=O)C[C@]1(c2ccc(Cl)c(Cl)c2)CCCNC1)C(N)=O. The van der Waals surface area contributed by atoms with Gasteiger partial charge in [-0.05, 0) is 50.9 Å². The molecule has 7 heteroatoms. The fourth-order valence-electron chi connectivity index (χ4n) is 3.05. The van der Waals surface area contributed by atoms with E-state index in [1.807, 2.05) is 12.1 Å². The molecule has 1 aromatic rings. The van der Waals surface area contributed by atoms with Crippen LogP contribution in [0.5, 0.6) is 0 Å². The maximum atomic E-state index is 12.6. The minimum atomic E-state index is -1.09. The van der Waals surface area contributed by atoms with Crippen molar-refractivity contribution in [1.82, 2.24) is 10.6 Å². The molecule has 0 bridgehead atoms. The highest BCUT2D eigenvalue weighted by Gasteiger charge is 2.38. The first-order chi connectivity index (χ1) is 11.2. The fraction of sp³-hybridized carbons (Fsp3) is 0.529. The van der Waals surface area contributed by atoms with Crippen LogP contribution in [0.1, 0.15) is 38.7 Å². The smallest absolute Gasteiger partial charge is 0.242 e. The fourth-order valence-corrected chi connectivity index (χ4v) is 3.35. The van der Waals surface area contributed by atoms with Gasteiger partial charge in [-0.25, -0.2) is 0 Å². The minimum absolute atomic E-state index is 0.214. The third-order valence-electron chi connectivity index (χ3n) is 4.57. The summed E-state index contributed by atoms with van der Waals surface area (Å²) in [7, 11) is 0. The molecule has 1 fully saturated rings. The lowest BCUT2D eigenvalue weighted by atomic mass is 9.72. The van der Waals surface area contributed by atoms with E-state index in [0.29, 0.717) is 16.6 Å². The van der Waals surface area contributed by atoms with Gasteiger partial charge in [-0.2, -0.15) is 0 Å². The molecule has 0 saturated carbocycles. The molecule has 0 aliphatic carbocycles. The van der Waals surface area contributed by atoms with Crippen LogP contribution in [-0.2, 0) is 15.0 Å². The van der Waals surface area contributed by atoms with Gasteiger partial charge in [-0.1, -0.05) is 29.3 Å². The largest absolute Gasteiger partial charge is 0.368 e. The number of benzene rings is 1. The summed E-state index contributed by atoms with van der Waals surface area (Å²) in [5.41, 5.74) is 4.83. The molecule has 24 heavy (non-hydrogen) atoms. The summed E-state index contributed by atoms with van der Waals surface area (Å²) in [5, 5.41) is 7.03. The van der Waals surface area contributed by atoms with Crippen LogP contribution in [0.15, 0.2) is 18.2 Å². The molecule has 0 unspecified atom stereocenters. The Morgan fingerprint density at radius 1 is 1.33 bits per heavy atom. The molecule has 5 nitrogen and oxygen atoms in total. The average Bonchev–Trinajstić information content (AvgIpc) is 2.50. The maximum Gasteiger partial charge on any atom is 0.242 e. The predicted molar refractivity (Wildman–Crippen MR) is 96.3 cm³/mol. The molecule has 0 aromatic heterocycles. The zero-order chi connectivity index (χ0) is 18.0. The molecule has 4 N–H and O–H groups in total. The van der Waals surface area contributed by atoms with Crippen molar-refractivity contribution in [3.8, 4) is 0 Å². The Morgan fingerprint density at radius 3 is 2.58 bits per heavy atom. The van der Waals surface area contributed by atoms with Gasteiger partial charge in [0.25, 0.3) is 0 Å². The van der Waals surface area contributed by atoms with Gasteiger partial charge in [0.2, 0.25) is 11.8 Å². The number of hydrogen-bond acceptors (Lipinski definition) is 3.